The lowest BCUT2D eigenvalue weighted by atomic mass is 9.97. The maximum absolute atomic E-state index is 12.5. The van der Waals surface area contributed by atoms with Crippen LogP contribution in [0.5, 0.6) is 0 Å². The second-order valence-electron chi connectivity index (χ2n) is 7.02. The summed E-state index contributed by atoms with van der Waals surface area (Å²) in [6, 6.07) is 8.14. The van der Waals surface area contributed by atoms with Crippen LogP contribution in [0.1, 0.15) is 63.4 Å². The molecule has 0 radical (unpaired) electrons. The number of rotatable bonds is 3. The first-order valence-electron chi connectivity index (χ1n) is 6.83. The van der Waals surface area contributed by atoms with E-state index in [0.29, 0.717) is 11.7 Å². The van der Waals surface area contributed by atoms with Crippen molar-refractivity contribution in [1.29, 1.82) is 0 Å². The summed E-state index contributed by atoms with van der Waals surface area (Å²) in [5.74, 6) is 0.984. The molecule has 0 bridgehead atoms. The lowest BCUT2D eigenvalue weighted by molar-refractivity contribution is 0.0945. The molecule has 0 heterocycles. The summed E-state index contributed by atoms with van der Waals surface area (Å²) in [5, 5.41) is 0. The molecule has 0 aromatic heterocycles. The highest BCUT2D eigenvalue weighted by molar-refractivity contribution is 6.01. The number of carbonyl (C=O) groups excluding carboxylic acids is 1. The van der Waals surface area contributed by atoms with Gasteiger partial charge in [-0.25, -0.2) is 0 Å². The van der Waals surface area contributed by atoms with Gasteiger partial charge in [-0.3, -0.25) is 4.79 Å². The van der Waals surface area contributed by atoms with E-state index in [0.717, 1.165) is 5.56 Å². The van der Waals surface area contributed by atoms with Crippen LogP contribution in [0.25, 0.3) is 0 Å². The van der Waals surface area contributed by atoms with Gasteiger partial charge >= 0.3 is 0 Å². The molecule has 1 saturated carbocycles. The minimum atomic E-state index is 0.126. The number of Topliss-reactive ketones (excluding diaryl/α,β-unsaturated/α-hetero) is 1. The van der Waals surface area contributed by atoms with Crippen molar-refractivity contribution in [3.63, 3.8) is 0 Å². The van der Waals surface area contributed by atoms with Crippen molar-refractivity contribution >= 4 is 5.78 Å². The molecule has 0 saturated heterocycles. The largest absolute Gasteiger partial charge is 0.294 e. The molecular weight excluding hydrogens is 220 g/mol. The van der Waals surface area contributed by atoms with E-state index in [-0.39, 0.29) is 16.7 Å². The Morgan fingerprint density at radius 3 is 1.78 bits per heavy atom. The molecule has 1 fully saturated rings. The summed E-state index contributed by atoms with van der Waals surface area (Å²) in [6.07, 6.45) is 0. The Kier molecular flexibility index (Phi) is 2.92. The molecule has 0 atom stereocenters. The van der Waals surface area contributed by atoms with Crippen molar-refractivity contribution in [1.82, 2.24) is 0 Å². The van der Waals surface area contributed by atoms with Crippen molar-refractivity contribution in [2.24, 2.45) is 16.7 Å². The Hall–Kier alpha value is -1.11. The monoisotopic (exact) mass is 244 g/mol. The highest BCUT2D eigenvalue weighted by Crippen LogP contribution is 2.69. The predicted octanol–water partition coefficient (Wildman–Crippen LogP) is 4.67. The van der Waals surface area contributed by atoms with Crippen LogP contribution < -0.4 is 0 Å². The molecule has 1 heteroatoms. The Bertz CT molecular complexity index is 449. The first kappa shape index (κ1) is 13.3. The zero-order chi connectivity index (χ0) is 13.7. The summed E-state index contributed by atoms with van der Waals surface area (Å²) in [6.45, 7) is 13.1. The molecule has 0 aliphatic heterocycles. The van der Waals surface area contributed by atoms with Gasteiger partial charge in [0.05, 0.1) is 0 Å². The zero-order valence-corrected chi connectivity index (χ0v) is 12.4. The van der Waals surface area contributed by atoms with Crippen molar-refractivity contribution < 1.29 is 4.79 Å². The van der Waals surface area contributed by atoms with Crippen LogP contribution in [-0.4, -0.2) is 5.78 Å². The van der Waals surface area contributed by atoms with Crippen LogP contribution >= 0.6 is 0 Å². The molecule has 18 heavy (non-hydrogen) atoms. The normalized spacial score (nSPS) is 21.1. The first-order valence-corrected chi connectivity index (χ1v) is 6.83. The Balaban J connectivity index is 2.22. The maximum Gasteiger partial charge on any atom is 0.167 e. The quantitative estimate of drug-likeness (QED) is 0.706. The van der Waals surface area contributed by atoms with Crippen LogP contribution in [0, 0.1) is 16.7 Å². The van der Waals surface area contributed by atoms with Crippen LogP contribution in [0.3, 0.4) is 0 Å². The molecule has 1 aliphatic rings. The highest BCUT2D eigenvalue weighted by Gasteiger charge is 2.67. The molecule has 0 spiro atoms. The number of hydrogen-bond acceptors (Lipinski definition) is 1. The Morgan fingerprint density at radius 2 is 1.44 bits per heavy atom. The van der Waals surface area contributed by atoms with Crippen molar-refractivity contribution in [2.45, 2.75) is 47.5 Å². The fourth-order valence-corrected chi connectivity index (χ4v) is 3.05. The highest BCUT2D eigenvalue weighted by atomic mass is 16.1. The summed E-state index contributed by atoms with van der Waals surface area (Å²) in [4.78, 5) is 12.5. The fraction of sp³-hybridized carbons (Fsp3) is 0.588. The summed E-state index contributed by atoms with van der Waals surface area (Å²) in [5.41, 5.74) is 2.41. The van der Waals surface area contributed by atoms with Gasteiger partial charge < -0.3 is 0 Å². The lowest BCUT2D eigenvalue weighted by Gasteiger charge is -2.07. The maximum atomic E-state index is 12.5. The number of ketones is 1. The summed E-state index contributed by atoms with van der Waals surface area (Å²) < 4.78 is 0. The molecule has 1 aromatic carbocycles. The average Bonchev–Trinajstić information content (AvgIpc) is 2.69. The van der Waals surface area contributed by atoms with Crippen molar-refractivity contribution in [3.05, 3.63) is 35.4 Å². The minimum Gasteiger partial charge on any atom is -0.294 e. The molecular formula is C17H24O. The van der Waals surface area contributed by atoms with Gasteiger partial charge in [-0.05, 0) is 22.3 Å². The first-order chi connectivity index (χ1) is 8.19. The third-order valence-corrected chi connectivity index (χ3v) is 5.14. The Morgan fingerprint density at radius 1 is 1.00 bits per heavy atom. The van der Waals surface area contributed by atoms with Gasteiger partial charge in [0, 0.05) is 11.5 Å². The smallest absolute Gasteiger partial charge is 0.167 e. The molecule has 0 N–H and O–H groups in total. The van der Waals surface area contributed by atoms with Crippen molar-refractivity contribution in [2.75, 3.05) is 0 Å². The molecule has 0 unspecified atom stereocenters. The average molecular weight is 244 g/mol. The number of hydrogen-bond donors (Lipinski definition) is 0. The molecule has 0 amide bonds. The SMILES string of the molecule is CC(C)c1ccc(C(=O)C2C(C)(C)C2(C)C)cc1. The van der Waals surface area contributed by atoms with Gasteiger partial charge in [-0.15, -0.1) is 0 Å². The summed E-state index contributed by atoms with van der Waals surface area (Å²) >= 11 is 0. The van der Waals surface area contributed by atoms with E-state index in [1.54, 1.807) is 0 Å². The number of benzene rings is 1. The predicted molar refractivity (Wildman–Crippen MR) is 75.9 cm³/mol. The topological polar surface area (TPSA) is 17.1 Å². The minimum absolute atomic E-state index is 0.126. The van der Waals surface area contributed by atoms with Crippen LogP contribution in [0.2, 0.25) is 0 Å². The van der Waals surface area contributed by atoms with Crippen LogP contribution in [0.15, 0.2) is 24.3 Å². The molecule has 98 valence electrons. The molecule has 2 rings (SSSR count). The number of carbonyl (C=O) groups is 1. The van der Waals surface area contributed by atoms with Gasteiger partial charge in [0.25, 0.3) is 0 Å². The van der Waals surface area contributed by atoms with Gasteiger partial charge in [0.1, 0.15) is 0 Å². The third kappa shape index (κ3) is 1.81. The second-order valence-corrected chi connectivity index (χ2v) is 7.02. The molecule has 1 aliphatic carbocycles. The second kappa shape index (κ2) is 3.94. The van der Waals surface area contributed by atoms with E-state index in [1.165, 1.54) is 5.56 Å². The van der Waals surface area contributed by atoms with Crippen molar-refractivity contribution in [3.8, 4) is 0 Å². The standard InChI is InChI=1S/C17H24O/c1-11(2)12-7-9-13(10-8-12)14(18)15-16(3,4)17(15,5)6/h7-11,15H,1-6H3. The van der Waals surface area contributed by atoms with Gasteiger partial charge in [0.2, 0.25) is 0 Å². The summed E-state index contributed by atoms with van der Waals surface area (Å²) in [7, 11) is 0. The van der Waals surface area contributed by atoms with Crippen LogP contribution in [0.4, 0.5) is 0 Å². The fourth-order valence-electron chi connectivity index (χ4n) is 3.05. The van der Waals surface area contributed by atoms with Gasteiger partial charge in [-0.2, -0.15) is 0 Å². The molecule has 1 aromatic rings. The van der Waals surface area contributed by atoms with E-state index in [2.05, 4.69) is 53.7 Å². The van der Waals surface area contributed by atoms with E-state index < -0.39 is 0 Å². The van der Waals surface area contributed by atoms with Crippen LogP contribution in [-0.2, 0) is 0 Å². The van der Waals surface area contributed by atoms with E-state index in [4.69, 9.17) is 0 Å². The van der Waals surface area contributed by atoms with Gasteiger partial charge in [-0.1, -0.05) is 65.8 Å². The lowest BCUT2D eigenvalue weighted by Crippen LogP contribution is -2.07. The zero-order valence-electron chi connectivity index (χ0n) is 12.4. The third-order valence-electron chi connectivity index (χ3n) is 5.14. The Labute approximate surface area is 111 Å². The van der Waals surface area contributed by atoms with Gasteiger partial charge in [0.15, 0.2) is 5.78 Å². The van der Waals surface area contributed by atoms with E-state index in [9.17, 15) is 4.79 Å². The molecule has 1 nitrogen and oxygen atoms in total. The van der Waals surface area contributed by atoms with E-state index >= 15 is 0 Å². The van der Waals surface area contributed by atoms with E-state index in [1.807, 2.05) is 12.1 Å².